The second-order valence-electron chi connectivity index (χ2n) is 9.28. The number of benzene rings is 1. The van der Waals surface area contributed by atoms with Gasteiger partial charge in [0, 0.05) is 30.9 Å². The average Bonchev–Trinajstić information content (AvgIpc) is 3.65. The molecule has 3 N–H and O–H groups in total. The first-order valence-corrected chi connectivity index (χ1v) is 14.8. The van der Waals surface area contributed by atoms with Crippen LogP contribution in [0.25, 0.3) is 0 Å². The van der Waals surface area contributed by atoms with E-state index in [-0.39, 0.29) is 30.2 Å². The van der Waals surface area contributed by atoms with Crippen LogP contribution in [0.15, 0.2) is 48.2 Å². The van der Waals surface area contributed by atoms with Crippen LogP contribution in [0.5, 0.6) is 0 Å². The lowest BCUT2D eigenvalue weighted by Crippen LogP contribution is -2.31. The number of ether oxygens (including phenoxy) is 1. The quantitative estimate of drug-likeness (QED) is 0.326. The van der Waals surface area contributed by atoms with Gasteiger partial charge in [-0.2, -0.15) is 13.1 Å². The molecule has 13 heteroatoms. The minimum absolute atomic E-state index is 0.211. The highest BCUT2D eigenvalue weighted by molar-refractivity contribution is 7.84. The predicted molar refractivity (Wildman–Crippen MR) is 143 cm³/mol. The van der Waals surface area contributed by atoms with Crippen LogP contribution in [0.2, 0.25) is 5.02 Å². The molecule has 3 heterocycles. The van der Waals surface area contributed by atoms with Gasteiger partial charge in [-0.3, -0.25) is 8.98 Å². The Morgan fingerprint density at radius 3 is 2.87 bits per heavy atom. The summed E-state index contributed by atoms with van der Waals surface area (Å²) in [6.07, 6.45) is 2.96. The van der Waals surface area contributed by atoms with Crippen LogP contribution in [0.4, 0.5) is 5.82 Å². The molecule has 1 saturated heterocycles. The second-order valence-corrected chi connectivity index (χ2v) is 12.1. The molecule has 0 radical (unpaired) electrons. The van der Waals surface area contributed by atoms with Crippen LogP contribution in [-0.2, 0) is 24.8 Å². The zero-order chi connectivity index (χ0) is 26.9. The van der Waals surface area contributed by atoms with Crippen molar-refractivity contribution in [1.29, 1.82) is 0 Å². The summed E-state index contributed by atoms with van der Waals surface area (Å²) in [5.74, 6) is 0.0450. The van der Waals surface area contributed by atoms with Gasteiger partial charge < -0.3 is 15.2 Å². The molecule has 2 aliphatic rings. The fourth-order valence-electron chi connectivity index (χ4n) is 5.01. The number of carbonyl (C=O) groups is 1. The van der Waals surface area contributed by atoms with Crippen molar-refractivity contribution in [3.63, 3.8) is 0 Å². The first kappa shape index (κ1) is 27.1. The van der Waals surface area contributed by atoms with Crippen LogP contribution in [0.1, 0.15) is 52.0 Å². The van der Waals surface area contributed by atoms with Gasteiger partial charge in [-0.25, -0.2) is 9.97 Å². The normalized spacial score (nSPS) is 25.5. The van der Waals surface area contributed by atoms with Gasteiger partial charge >= 0.3 is 10.3 Å². The number of aliphatic hydroxyl groups is 1. The Morgan fingerprint density at radius 2 is 2.13 bits per heavy atom. The summed E-state index contributed by atoms with van der Waals surface area (Å²) in [6.45, 7) is 0.611. The number of hydrogen-bond donors (Lipinski definition) is 3. The maximum atomic E-state index is 13.6. The van der Waals surface area contributed by atoms with Crippen LogP contribution < -0.4 is 10.0 Å². The number of rotatable bonds is 9. The molecule has 1 aliphatic heterocycles. The Morgan fingerprint density at radius 1 is 1.29 bits per heavy atom. The molecule has 0 amide bonds. The van der Waals surface area contributed by atoms with Crippen molar-refractivity contribution in [2.75, 3.05) is 19.0 Å². The van der Waals surface area contributed by atoms with Gasteiger partial charge in [0.15, 0.2) is 0 Å². The summed E-state index contributed by atoms with van der Waals surface area (Å²) in [5.41, 5.74) is 1.44. The van der Waals surface area contributed by atoms with Gasteiger partial charge in [0.05, 0.1) is 16.5 Å². The highest BCUT2D eigenvalue weighted by Crippen LogP contribution is 2.44. The maximum absolute atomic E-state index is 13.6. The van der Waals surface area contributed by atoms with Gasteiger partial charge in [0.25, 0.3) is 0 Å². The zero-order valence-corrected chi connectivity index (χ0v) is 22.9. The molecule has 2 aromatic heterocycles. The van der Waals surface area contributed by atoms with Gasteiger partial charge in [-0.1, -0.05) is 23.7 Å². The molecule has 5 rings (SSSR count). The molecule has 1 aromatic carbocycles. The average molecular weight is 579 g/mol. The minimum atomic E-state index is -3.96. The third-order valence-corrected chi connectivity index (χ3v) is 9.04. The zero-order valence-electron chi connectivity index (χ0n) is 20.5. The van der Waals surface area contributed by atoms with E-state index in [0.717, 1.165) is 24.0 Å². The fourth-order valence-corrected chi connectivity index (χ4v) is 6.76. The van der Waals surface area contributed by atoms with E-state index in [1.807, 2.05) is 35.7 Å². The van der Waals surface area contributed by atoms with E-state index in [4.69, 9.17) is 20.5 Å². The first-order valence-electron chi connectivity index (χ1n) is 12.1. The lowest BCUT2D eigenvalue weighted by atomic mass is 9.85. The van der Waals surface area contributed by atoms with E-state index >= 15 is 0 Å². The van der Waals surface area contributed by atoms with E-state index < -0.39 is 28.1 Å². The third-order valence-electron chi connectivity index (χ3n) is 6.87. The number of aromatic nitrogens is 2. The minimum Gasteiger partial charge on any atom is -0.390 e. The van der Waals surface area contributed by atoms with E-state index in [9.17, 15) is 18.3 Å². The summed E-state index contributed by atoms with van der Waals surface area (Å²) >= 11 is 7.59. The SMILES string of the molecule is CNS(=O)(=O)O[C@@H]1C[C@H](Nc2ncncc2C(=O)c2cc([C@]3(c4cccc(Cl)c4)CCCO3)cs2)C[C@@H]1O. The summed E-state index contributed by atoms with van der Waals surface area (Å²) in [7, 11) is -2.72. The lowest BCUT2D eigenvalue weighted by molar-refractivity contribution is 0.0363. The van der Waals surface area contributed by atoms with Crippen LogP contribution in [-0.4, -0.2) is 61.2 Å². The van der Waals surface area contributed by atoms with Crippen LogP contribution in [0.3, 0.4) is 0 Å². The molecule has 1 saturated carbocycles. The first-order chi connectivity index (χ1) is 18.2. The number of thiophene rings is 1. The third kappa shape index (κ3) is 5.48. The van der Waals surface area contributed by atoms with Crippen molar-refractivity contribution in [2.24, 2.45) is 0 Å². The Labute approximate surface area is 229 Å². The van der Waals surface area contributed by atoms with E-state index in [0.29, 0.717) is 22.3 Å². The van der Waals surface area contributed by atoms with E-state index in [2.05, 4.69) is 20.0 Å². The predicted octanol–water partition coefficient (Wildman–Crippen LogP) is 3.26. The number of nitrogens with zero attached hydrogens (tertiary/aromatic N) is 2. The fraction of sp³-hybridized carbons (Fsp3) is 0.400. The molecule has 1 aliphatic carbocycles. The molecule has 0 spiro atoms. The summed E-state index contributed by atoms with van der Waals surface area (Å²) < 4.78 is 36.9. The number of halogens is 1. The molecule has 3 aromatic rings. The molecule has 202 valence electrons. The van der Waals surface area contributed by atoms with Crippen molar-refractivity contribution in [3.8, 4) is 0 Å². The molecule has 0 unspecified atom stereocenters. The van der Waals surface area contributed by atoms with Crippen molar-refractivity contribution in [1.82, 2.24) is 14.7 Å². The molecule has 0 bridgehead atoms. The topological polar surface area (TPSA) is 140 Å². The molecule has 38 heavy (non-hydrogen) atoms. The number of hydrogen-bond acceptors (Lipinski definition) is 10. The number of carbonyl (C=O) groups excluding carboxylic acids is 1. The highest BCUT2D eigenvalue weighted by Gasteiger charge is 2.41. The highest BCUT2D eigenvalue weighted by atomic mass is 35.5. The van der Waals surface area contributed by atoms with E-state index in [1.54, 1.807) is 0 Å². The number of aliphatic hydroxyl groups excluding tert-OH is 1. The second kappa shape index (κ2) is 11.0. The smallest absolute Gasteiger partial charge is 0.335 e. The number of anilines is 1. The Balaban J connectivity index is 1.37. The molecule has 2 fully saturated rings. The standard InChI is InChI=1S/C25H27ClN4O6S2/c1-27-38(33,34)36-21-11-18(10-20(21)31)30-24-19(12-28-14-29-24)23(32)22-9-16(13-37-22)25(6-3-7-35-25)15-4-2-5-17(26)8-15/h2,4-5,8-9,12-14,18,20-21,27,31H,3,6-7,10-11H2,1H3,(H,28,29,30)/t18-,20+,21-,25-/m1/s1. The van der Waals surface area contributed by atoms with Crippen LogP contribution >= 0.6 is 22.9 Å². The van der Waals surface area contributed by atoms with Crippen molar-refractivity contribution >= 4 is 44.8 Å². The largest absolute Gasteiger partial charge is 0.390 e. The molecule has 10 nitrogen and oxygen atoms in total. The Bertz CT molecular complexity index is 1430. The van der Waals surface area contributed by atoms with Gasteiger partial charge in [-0.15, -0.1) is 11.3 Å². The number of nitrogens with one attached hydrogen (secondary N) is 2. The Hall–Kier alpha value is -2.45. The van der Waals surface area contributed by atoms with E-state index in [1.165, 1.54) is 30.9 Å². The summed E-state index contributed by atoms with van der Waals surface area (Å²) in [5, 5.41) is 16.0. The molecule has 4 atom stereocenters. The number of ketones is 1. The summed E-state index contributed by atoms with van der Waals surface area (Å²) in [6, 6.07) is 9.08. The van der Waals surface area contributed by atoms with Crippen LogP contribution in [0, 0.1) is 0 Å². The maximum Gasteiger partial charge on any atom is 0.335 e. The van der Waals surface area contributed by atoms with Gasteiger partial charge in [-0.05, 0) is 60.4 Å². The van der Waals surface area contributed by atoms with Crippen molar-refractivity contribution < 1.29 is 27.2 Å². The molecular formula is C25H27ClN4O6S2. The molecular weight excluding hydrogens is 552 g/mol. The monoisotopic (exact) mass is 578 g/mol. The van der Waals surface area contributed by atoms with Gasteiger partial charge in [0.2, 0.25) is 5.78 Å². The summed E-state index contributed by atoms with van der Waals surface area (Å²) in [4.78, 5) is 22.4. The van der Waals surface area contributed by atoms with Crippen molar-refractivity contribution in [3.05, 3.63) is 74.8 Å². The van der Waals surface area contributed by atoms with Crippen molar-refractivity contribution in [2.45, 2.75) is 49.5 Å². The Kier molecular flexibility index (Phi) is 7.83. The van der Waals surface area contributed by atoms with Gasteiger partial charge in [0.1, 0.15) is 23.9 Å². The lowest BCUT2D eigenvalue weighted by Gasteiger charge is -2.28.